The summed E-state index contributed by atoms with van der Waals surface area (Å²) in [5.74, 6) is 0. The second kappa shape index (κ2) is 4.38. The van der Waals surface area contributed by atoms with Crippen molar-refractivity contribution in [2.75, 3.05) is 13.1 Å². The van der Waals surface area contributed by atoms with Crippen molar-refractivity contribution in [1.82, 2.24) is 9.88 Å². The van der Waals surface area contributed by atoms with Crippen LogP contribution < -0.4 is 5.73 Å². The fourth-order valence-electron chi connectivity index (χ4n) is 2.20. The summed E-state index contributed by atoms with van der Waals surface area (Å²) in [4.78, 5) is 6.85. The van der Waals surface area contributed by atoms with Crippen LogP contribution in [0.2, 0.25) is 0 Å². The highest BCUT2D eigenvalue weighted by Gasteiger charge is 2.28. The van der Waals surface area contributed by atoms with Crippen molar-refractivity contribution in [2.24, 2.45) is 5.73 Å². The van der Waals surface area contributed by atoms with E-state index in [1.54, 1.807) is 11.3 Å². The summed E-state index contributed by atoms with van der Waals surface area (Å²) in [5, 5.41) is 3.25. The SMILES string of the molecule is C[C@@H](c1nccs1)N1CCC[C@@H]1CN. The molecule has 2 heterocycles. The lowest BCUT2D eigenvalue weighted by Gasteiger charge is -2.28. The zero-order chi connectivity index (χ0) is 9.97. The molecule has 0 bridgehead atoms. The van der Waals surface area contributed by atoms with E-state index < -0.39 is 0 Å². The third-order valence-electron chi connectivity index (χ3n) is 3.00. The molecule has 0 aromatic carbocycles. The van der Waals surface area contributed by atoms with Crippen LogP contribution in [0, 0.1) is 0 Å². The maximum atomic E-state index is 5.76. The molecule has 2 atom stereocenters. The van der Waals surface area contributed by atoms with Gasteiger partial charge in [-0.15, -0.1) is 11.3 Å². The molecule has 0 amide bonds. The molecule has 2 rings (SSSR count). The van der Waals surface area contributed by atoms with Crippen molar-refractivity contribution in [3.05, 3.63) is 16.6 Å². The smallest absolute Gasteiger partial charge is 0.109 e. The van der Waals surface area contributed by atoms with E-state index in [0.717, 1.165) is 6.54 Å². The summed E-state index contributed by atoms with van der Waals surface area (Å²) in [6.45, 7) is 4.17. The van der Waals surface area contributed by atoms with Crippen molar-refractivity contribution in [1.29, 1.82) is 0 Å². The van der Waals surface area contributed by atoms with E-state index in [1.807, 2.05) is 11.6 Å². The molecule has 0 radical (unpaired) electrons. The number of likely N-dealkylation sites (tertiary alicyclic amines) is 1. The second-order valence-electron chi connectivity index (χ2n) is 3.82. The monoisotopic (exact) mass is 211 g/mol. The number of nitrogens with two attached hydrogens (primary N) is 1. The molecule has 4 heteroatoms. The predicted octanol–water partition coefficient (Wildman–Crippen LogP) is 1.63. The maximum absolute atomic E-state index is 5.76. The number of hydrogen-bond acceptors (Lipinski definition) is 4. The Morgan fingerprint density at radius 2 is 2.64 bits per heavy atom. The lowest BCUT2D eigenvalue weighted by Crippen LogP contribution is -2.37. The molecule has 0 unspecified atom stereocenters. The molecule has 2 N–H and O–H groups in total. The van der Waals surface area contributed by atoms with Crippen LogP contribution in [0.3, 0.4) is 0 Å². The Balaban J connectivity index is 2.07. The van der Waals surface area contributed by atoms with E-state index in [1.165, 1.54) is 24.4 Å². The lowest BCUT2D eigenvalue weighted by molar-refractivity contribution is 0.196. The number of nitrogens with zero attached hydrogens (tertiary/aromatic N) is 2. The Morgan fingerprint density at radius 1 is 1.79 bits per heavy atom. The molecular weight excluding hydrogens is 194 g/mol. The van der Waals surface area contributed by atoms with Gasteiger partial charge < -0.3 is 5.73 Å². The van der Waals surface area contributed by atoms with Gasteiger partial charge in [0.2, 0.25) is 0 Å². The highest BCUT2D eigenvalue weighted by atomic mass is 32.1. The Bertz CT molecular complexity index is 273. The van der Waals surface area contributed by atoms with E-state index in [4.69, 9.17) is 5.73 Å². The van der Waals surface area contributed by atoms with Gasteiger partial charge in [0.1, 0.15) is 5.01 Å². The molecule has 1 saturated heterocycles. The summed E-state index contributed by atoms with van der Waals surface area (Å²) in [6.07, 6.45) is 4.40. The van der Waals surface area contributed by atoms with E-state index in [9.17, 15) is 0 Å². The standard InChI is InChI=1S/C10H17N3S/c1-8(10-12-4-6-14-10)13-5-2-3-9(13)7-11/h4,6,8-9H,2-3,5,7,11H2,1H3/t8-,9+/m0/s1. The van der Waals surface area contributed by atoms with Crippen molar-refractivity contribution >= 4 is 11.3 Å². The zero-order valence-corrected chi connectivity index (χ0v) is 9.33. The van der Waals surface area contributed by atoms with Crippen LogP contribution in [0.4, 0.5) is 0 Å². The van der Waals surface area contributed by atoms with Crippen LogP contribution in [0.1, 0.15) is 30.8 Å². The molecule has 0 aliphatic carbocycles. The van der Waals surface area contributed by atoms with Crippen molar-refractivity contribution in [2.45, 2.75) is 31.8 Å². The van der Waals surface area contributed by atoms with Gasteiger partial charge in [-0.05, 0) is 26.3 Å². The summed E-state index contributed by atoms with van der Waals surface area (Å²) >= 11 is 1.74. The van der Waals surface area contributed by atoms with Crippen LogP contribution in [0.5, 0.6) is 0 Å². The Labute approximate surface area is 88.9 Å². The van der Waals surface area contributed by atoms with Gasteiger partial charge in [0, 0.05) is 24.2 Å². The number of aromatic nitrogens is 1. The zero-order valence-electron chi connectivity index (χ0n) is 8.52. The first kappa shape index (κ1) is 10.1. The minimum atomic E-state index is 0.436. The lowest BCUT2D eigenvalue weighted by atomic mass is 10.2. The average molecular weight is 211 g/mol. The third kappa shape index (κ3) is 1.82. The summed E-state index contributed by atoms with van der Waals surface area (Å²) in [5.41, 5.74) is 5.76. The van der Waals surface area contributed by atoms with Gasteiger partial charge in [0.05, 0.1) is 6.04 Å². The quantitative estimate of drug-likeness (QED) is 0.826. The Kier molecular flexibility index (Phi) is 3.15. The summed E-state index contributed by atoms with van der Waals surface area (Å²) in [7, 11) is 0. The van der Waals surface area contributed by atoms with Crippen LogP contribution in [0.25, 0.3) is 0 Å². The average Bonchev–Trinajstić information content (AvgIpc) is 2.87. The van der Waals surface area contributed by atoms with Crippen molar-refractivity contribution < 1.29 is 0 Å². The molecule has 0 spiro atoms. The van der Waals surface area contributed by atoms with Crippen molar-refractivity contribution in [3.63, 3.8) is 0 Å². The van der Waals surface area contributed by atoms with Gasteiger partial charge in [-0.25, -0.2) is 4.98 Å². The van der Waals surface area contributed by atoms with Crippen molar-refractivity contribution in [3.8, 4) is 0 Å². The molecule has 0 saturated carbocycles. The summed E-state index contributed by atoms with van der Waals surface area (Å²) < 4.78 is 0. The van der Waals surface area contributed by atoms with Crippen LogP contribution >= 0.6 is 11.3 Å². The maximum Gasteiger partial charge on any atom is 0.109 e. The summed E-state index contributed by atoms with van der Waals surface area (Å²) in [6, 6.07) is 1.000. The Hall–Kier alpha value is -0.450. The third-order valence-corrected chi connectivity index (χ3v) is 3.95. The number of thiazole rings is 1. The van der Waals surface area contributed by atoms with Gasteiger partial charge in [-0.2, -0.15) is 0 Å². The topological polar surface area (TPSA) is 42.2 Å². The molecular formula is C10H17N3S. The molecule has 78 valence electrons. The molecule has 1 aromatic rings. The first-order valence-corrected chi connectivity index (χ1v) is 6.06. The van der Waals surface area contributed by atoms with Crippen LogP contribution in [-0.4, -0.2) is 29.0 Å². The number of rotatable bonds is 3. The minimum absolute atomic E-state index is 0.436. The molecule has 1 aliphatic heterocycles. The van der Waals surface area contributed by atoms with E-state index in [0.29, 0.717) is 12.1 Å². The minimum Gasteiger partial charge on any atom is -0.329 e. The van der Waals surface area contributed by atoms with Gasteiger partial charge in [-0.3, -0.25) is 4.90 Å². The fraction of sp³-hybridized carbons (Fsp3) is 0.700. The highest BCUT2D eigenvalue weighted by Crippen LogP contribution is 2.29. The predicted molar refractivity (Wildman–Crippen MR) is 59.3 cm³/mol. The normalized spacial score (nSPS) is 25.4. The van der Waals surface area contributed by atoms with Gasteiger partial charge in [-0.1, -0.05) is 0 Å². The molecule has 14 heavy (non-hydrogen) atoms. The highest BCUT2D eigenvalue weighted by molar-refractivity contribution is 7.09. The van der Waals surface area contributed by atoms with E-state index in [2.05, 4.69) is 16.8 Å². The van der Waals surface area contributed by atoms with Crippen LogP contribution in [-0.2, 0) is 0 Å². The molecule has 1 fully saturated rings. The fourth-order valence-corrected chi connectivity index (χ4v) is 2.92. The first-order chi connectivity index (χ1) is 6.83. The van der Waals surface area contributed by atoms with E-state index in [-0.39, 0.29) is 0 Å². The second-order valence-corrected chi connectivity index (χ2v) is 4.74. The van der Waals surface area contributed by atoms with Gasteiger partial charge in [0.15, 0.2) is 0 Å². The van der Waals surface area contributed by atoms with E-state index >= 15 is 0 Å². The molecule has 3 nitrogen and oxygen atoms in total. The van der Waals surface area contributed by atoms with Gasteiger partial charge in [0.25, 0.3) is 0 Å². The molecule has 1 aromatic heterocycles. The van der Waals surface area contributed by atoms with Crippen LogP contribution in [0.15, 0.2) is 11.6 Å². The van der Waals surface area contributed by atoms with Gasteiger partial charge >= 0.3 is 0 Å². The Morgan fingerprint density at radius 3 is 3.29 bits per heavy atom. The molecule has 1 aliphatic rings. The number of hydrogen-bond donors (Lipinski definition) is 1. The largest absolute Gasteiger partial charge is 0.329 e. The first-order valence-electron chi connectivity index (χ1n) is 5.18.